The van der Waals surface area contributed by atoms with Gasteiger partial charge in [-0.1, -0.05) is 53.9 Å². The Morgan fingerprint density at radius 2 is 1.97 bits per heavy atom. The van der Waals surface area contributed by atoms with Crippen LogP contribution in [0.2, 0.25) is 0 Å². The molecule has 1 saturated heterocycles. The average molecular weight is 501 g/mol. The molecule has 0 aromatic heterocycles. The molecular formula is C24H25BrN2O3S. The molecule has 0 spiro atoms. The maximum Gasteiger partial charge on any atom is 0.267 e. The number of hydrogen-bond acceptors (Lipinski definition) is 5. The molecule has 1 heterocycles. The molecule has 2 fully saturated rings. The third kappa shape index (κ3) is 4.67. The van der Waals surface area contributed by atoms with Gasteiger partial charge in [0.2, 0.25) is 0 Å². The minimum Gasteiger partial charge on any atom is -0.504 e. The number of phenols is 1. The summed E-state index contributed by atoms with van der Waals surface area (Å²) in [5.41, 5.74) is 1.35. The molecule has 4 rings (SSSR count). The molecule has 2 atom stereocenters. The number of phenolic OH excluding ortho intramolecular Hbond substituents is 1. The van der Waals surface area contributed by atoms with Crippen molar-refractivity contribution in [3.05, 3.63) is 57.4 Å². The van der Waals surface area contributed by atoms with E-state index in [0.717, 1.165) is 29.4 Å². The Hall–Kier alpha value is -2.25. The number of carbonyl (C=O) groups is 1. The van der Waals surface area contributed by atoms with E-state index in [-0.39, 0.29) is 17.7 Å². The molecule has 5 nitrogen and oxygen atoms in total. The lowest BCUT2D eigenvalue weighted by atomic mass is 9.85. The van der Waals surface area contributed by atoms with Gasteiger partial charge in [-0.25, -0.2) is 4.99 Å². The fourth-order valence-electron chi connectivity index (χ4n) is 4.15. The van der Waals surface area contributed by atoms with Gasteiger partial charge in [-0.15, -0.1) is 0 Å². The van der Waals surface area contributed by atoms with Crippen LogP contribution in [0.15, 0.2) is 56.8 Å². The molecule has 0 bridgehead atoms. The van der Waals surface area contributed by atoms with E-state index in [1.807, 2.05) is 35.2 Å². The Labute approximate surface area is 195 Å². The molecule has 1 aliphatic carbocycles. The number of rotatable bonds is 4. The van der Waals surface area contributed by atoms with Gasteiger partial charge in [0.1, 0.15) is 0 Å². The predicted octanol–water partition coefficient (Wildman–Crippen LogP) is 6.35. The van der Waals surface area contributed by atoms with Crippen LogP contribution in [0.5, 0.6) is 11.5 Å². The van der Waals surface area contributed by atoms with Crippen LogP contribution >= 0.6 is 27.7 Å². The number of aromatic hydroxyl groups is 1. The summed E-state index contributed by atoms with van der Waals surface area (Å²) in [5.74, 6) is 0.722. The predicted molar refractivity (Wildman–Crippen MR) is 130 cm³/mol. The number of methoxy groups -OCH3 is 1. The molecule has 1 aliphatic heterocycles. The van der Waals surface area contributed by atoms with Crippen molar-refractivity contribution in [1.82, 2.24) is 4.90 Å². The van der Waals surface area contributed by atoms with Crippen molar-refractivity contribution < 1.29 is 14.6 Å². The number of ether oxygens (including phenoxy) is 1. The largest absolute Gasteiger partial charge is 0.504 e. The molecule has 31 heavy (non-hydrogen) atoms. The highest BCUT2D eigenvalue weighted by Crippen LogP contribution is 2.42. The zero-order chi connectivity index (χ0) is 22.0. The summed E-state index contributed by atoms with van der Waals surface area (Å²) < 4.78 is 6.02. The van der Waals surface area contributed by atoms with Crippen molar-refractivity contribution in [3.63, 3.8) is 0 Å². The van der Waals surface area contributed by atoms with Crippen molar-refractivity contribution >= 4 is 50.5 Å². The van der Waals surface area contributed by atoms with Gasteiger partial charge in [0.05, 0.1) is 17.7 Å². The van der Waals surface area contributed by atoms with Crippen LogP contribution in [0.1, 0.15) is 38.2 Å². The lowest BCUT2D eigenvalue weighted by Crippen LogP contribution is -2.44. The van der Waals surface area contributed by atoms with Crippen LogP contribution in [0.3, 0.4) is 0 Å². The summed E-state index contributed by atoms with van der Waals surface area (Å²) in [5, 5.41) is 11.3. The van der Waals surface area contributed by atoms with E-state index in [9.17, 15) is 9.90 Å². The highest BCUT2D eigenvalue weighted by molar-refractivity contribution is 9.10. The van der Waals surface area contributed by atoms with Gasteiger partial charge in [0.25, 0.3) is 5.91 Å². The molecule has 1 N–H and O–H groups in total. The van der Waals surface area contributed by atoms with Gasteiger partial charge < -0.3 is 9.84 Å². The molecular weight excluding hydrogens is 476 g/mol. The summed E-state index contributed by atoms with van der Waals surface area (Å²) in [6.07, 6.45) is 6.13. The first kappa shape index (κ1) is 22.0. The maximum atomic E-state index is 13.5. The summed E-state index contributed by atoms with van der Waals surface area (Å²) in [4.78, 5) is 20.8. The molecule has 1 amide bonds. The maximum absolute atomic E-state index is 13.5. The SMILES string of the molecule is COc1cc(Br)cc(/C=C2\SC(=Nc3ccccc3)N([C@H]3CCCC[C@@H]3C)C2=O)c1O. The second-order valence-electron chi connectivity index (χ2n) is 7.89. The van der Waals surface area contributed by atoms with Crippen molar-refractivity contribution in [2.75, 3.05) is 7.11 Å². The van der Waals surface area contributed by atoms with Crippen LogP contribution in [0.4, 0.5) is 5.69 Å². The molecule has 7 heteroatoms. The molecule has 162 valence electrons. The minimum atomic E-state index is -0.0585. The van der Waals surface area contributed by atoms with Crippen LogP contribution in [0, 0.1) is 5.92 Å². The summed E-state index contributed by atoms with van der Waals surface area (Å²) in [6.45, 7) is 2.22. The number of carbonyl (C=O) groups excluding carboxylic acids is 1. The Morgan fingerprint density at radius 1 is 1.23 bits per heavy atom. The van der Waals surface area contributed by atoms with Crippen LogP contribution in [-0.4, -0.2) is 34.2 Å². The van der Waals surface area contributed by atoms with Crippen LogP contribution < -0.4 is 4.74 Å². The van der Waals surface area contributed by atoms with Gasteiger partial charge in [-0.05, 0) is 60.9 Å². The van der Waals surface area contributed by atoms with Gasteiger partial charge in [0.15, 0.2) is 16.7 Å². The number of nitrogens with zero attached hydrogens (tertiary/aromatic N) is 2. The monoisotopic (exact) mass is 500 g/mol. The Balaban J connectivity index is 1.76. The first-order valence-corrected chi connectivity index (χ1v) is 12.0. The Morgan fingerprint density at radius 3 is 2.68 bits per heavy atom. The smallest absolute Gasteiger partial charge is 0.267 e. The second-order valence-corrected chi connectivity index (χ2v) is 9.82. The lowest BCUT2D eigenvalue weighted by molar-refractivity contribution is -0.124. The van der Waals surface area contributed by atoms with Gasteiger partial charge >= 0.3 is 0 Å². The molecule has 2 aromatic rings. The number of benzene rings is 2. The fraction of sp³-hybridized carbons (Fsp3) is 0.333. The third-order valence-electron chi connectivity index (χ3n) is 5.79. The van der Waals surface area contributed by atoms with Crippen molar-refractivity contribution in [3.8, 4) is 11.5 Å². The number of para-hydroxylation sites is 1. The number of hydrogen-bond donors (Lipinski definition) is 1. The van der Waals surface area contributed by atoms with Crippen molar-refractivity contribution in [1.29, 1.82) is 0 Å². The topological polar surface area (TPSA) is 62.1 Å². The van der Waals surface area contributed by atoms with Crippen LogP contribution in [0.25, 0.3) is 6.08 Å². The van der Waals surface area contributed by atoms with E-state index in [4.69, 9.17) is 9.73 Å². The van der Waals surface area contributed by atoms with Gasteiger partial charge in [-0.2, -0.15) is 0 Å². The summed E-state index contributed by atoms with van der Waals surface area (Å²) in [7, 11) is 1.50. The van der Waals surface area contributed by atoms with E-state index in [1.54, 1.807) is 18.2 Å². The minimum absolute atomic E-state index is 0.0117. The van der Waals surface area contributed by atoms with Crippen molar-refractivity contribution in [2.45, 2.75) is 38.6 Å². The first-order valence-electron chi connectivity index (χ1n) is 10.4. The molecule has 2 aliphatic rings. The van der Waals surface area contributed by atoms with E-state index in [1.165, 1.54) is 25.3 Å². The van der Waals surface area contributed by atoms with Crippen molar-refractivity contribution in [2.24, 2.45) is 10.9 Å². The van der Waals surface area contributed by atoms with Crippen LogP contribution in [-0.2, 0) is 4.79 Å². The summed E-state index contributed by atoms with van der Waals surface area (Å²) in [6, 6.07) is 13.3. The molecule has 0 unspecified atom stereocenters. The lowest BCUT2D eigenvalue weighted by Gasteiger charge is -2.35. The van der Waals surface area contributed by atoms with E-state index in [2.05, 4.69) is 22.9 Å². The average Bonchev–Trinajstić information content (AvgIpc) is 3.06. The molecule has 1 saturated carbocycles. The number of halogens is 1. The molecule has 0 radical (unpaired) electrons. The van der Waals surface area contributed by atoms with Gasteiger partial charge in [0, 0.05) is 16.1 Å². The van der Waals surface area contributed by atoms with E-state index < -0.39 is 0 Å². The number of thioether (sulfide) groups is 1. The molecule has 2 aromatic carbocycles. The quantitative estimate of drug-likeness (QED) is 0.497. The number of amides is 1. The highest BCUT2D eigenvalue weighted by atomic mass is 79.9. The normalized spacial score (nSPS) is 24.2. The Bertz CT molecular complexity index is 1040. The number of aliphatic imine (C=N–C) groups is 1. The standard InChI is InChI=1S/C24H25BrN2O3S/c1-15-8-6-7-11-19(15)27-23(29)21(31-24(27)26-18-9-4-3-5-10-18)13-16-12-17(25)14-20(30-2)22(16)28/h3-5,9-10,12-15,19,28H,6-8,11H2,1-2H3/b21-13-,26-24?/t15-,19-/m0/s1. The summed E-state index contributed by atoms with van der Waals surface area (Å²) >= 11 is 4.81. The zero-order valence-corrected chi connectivity index (χ0v) is 19.9. The Kier molecular flexibility index (Phi) is 6.72. The van der Waals surface area contributed by atoms with Gasteiger partial charge in [-0.3, -0.25) is 9.69 Å². The first-order chi connectivity index (χ1) is 15.0. The fourth-order valence-corrected chi connectivity index (χ4v) is 5.64. The van der Waals surface area contributed by atoms with E-state index in [0.29, 0.717) is 27.3 Å². The van der Waals surface area contributed by atoms with E-state index >= 15 is 0 Å². The number of amidine groups is 1. The second kappa shape index (κ2) is 9.49. The third-order valence-corrected chi connectivity index (χ3v) is 7.23. The highest BCUT2D eigenvalue weighted by Gasteiger charge is 2.41. The zero-order valence-electron chi connectivity index (χ0n) is 17.5.